The highest BCUT2D eigenvalue weighted by Gasteiger charge is 2.32. The Morgan fingerprint density at radius 2 is 2.19 bits per heavy atom. The second-order valence-corrected chi connectivity index (χ2v) is 8.52. The summed E-state index contributed by atoms with van der Waals surface area (Å²) in [5.74, 6) is 0.428. The monoisotopic (exact) mass is 333 g/mol. The van der Waals surface area contributed by atoms with Gasteiger partial charge >= 0.3 is 5.69 Å². The van der Waals surface area contributed by atoms with E-state index in [1.54, 1.807) is 0 Å². The van der Waals surface area contributed by atoms with E-state index in [9.17, 15) is 18.5 Å². The first-order valence-corrected chi connectivity index (χ1v) is 9.10. The Morgan fingerprint density at radius 1 is 1.52 bits per heavy atom. The number of hydrogen-bond donors (Lipinski definition) is 1. The van der Waals surface area contributed by atoms with Crippen molar-refractivity contribution < 1.29 is 13.3 Å². The molecular formula is C12H19N3O4S2. The van der Waals surface area contributed by atoms with E-state index in [-0.39, 0.29) is 9.90 Å². The molecule has 0 bridgehead atoms. The lowest BCUT2D eigenvalue weighted by molar-refractivity contribution is -0.383. The molecule has 21 heavy (non-hydrogen) atoms. The smallest absolute Gasteiger partial charge is 0.304 e. The lowest BCUT2D eigenvalue weighted by Crippen LogP contribution is -2.28. The Kier molecular flexibility index (Phi) is 4.84. The molecule has 1 aromatic heterocycles. The zero-order valence-corrected chi connectivity index (χ0v) is 13.7. The van der Waals surface area contributed by atoms with Gasteiger partial charge in [-0.1, -0.05) is 18.3 Å². The predicted molar refractivity (Wildman–Crippen MR) is 82.3 cm³/mol. The Morgan fingerprint density at radius 3 is 2.71 bits per heavy atom. The van der Waals surface area contributed by atoms with Crippen molar-refractivity contribution in [1.29, 1.82) is 0 Å². The molecule has 0 atom stereocenters. The van der Waals surface area contributed by atoms with Gasteiger partial charge < -0.3 is 5.32 Å². The fraction of sp³-hybridized carbons (Fsp3) is 0.667. The maximum Gasteiger partial charge on any atom is 0.304 e. The average molecular weight is 333 g/mol. The van der Waals surface area contributed by atoms with Gasteiger partial charge in [0.1, 0.15) is 4.21 Å². The van der Waals surface area contributed by atoms with Crippen LogP contribution in [0.5, 0.6) is 0 Å². The van der Waals surface area contributed by atoms with E-state index in [1.165, 1.54) is 11.4 Å². The zero-order valence-electron chi connectivity index (χ0n) is 12.0. The van der Waals surface area contributed by atoms with Gasteiger partial charge in [-0.15, -0.1) is 0 Å². The summed E-state index contributed by atoms with van der Waals surface area (Å²) in [5.41, 5.74) is -0.174. The molecule has 1 N–H and O–H groups in total. The minimum absolute atomic E-state index is 0.0240. The number of rotatable bonds is 8. The Labute approximate surface area is 128 Å². The molecular weight excluding hydrogens is 314 g/mol. The molecule has 0 amide bonds. The number of hydrogen-bond acceptors (Lipinski definition) is 6. The summed E-state index contributed by atoms with van der Waals surface area (Å²) >= 11 is 0.928. The van der Waals surface area contributed by atoms with Crippen molar-refractivity contribution in [1.82, 2.24) is 4.31 Å². The quantitative estimate of drug-likeness (QED) is 0.583. The van der Waals surface area contributed by atoms with Crippen LogP contribution in [0, 0.1) is 16.0 Å². The highest BCUT2D eigenvalue weighted by atomic mass is 32.2. The first-order chi connectivity index (χ1) is 9.86. The van der Waals surface area contributed by atoms with Gasteiger partial charge in [-0.3, -0.25) is 10.1 Å². The zero-order chi connectivity index (χ0) is 15.6. The van der Waals surface area contributed by atoms with Gasteiger partial charge in [-0.25, -0.2) is 8.42 Å². The normalized spacial score (nSPS) is 15.4. The van der Waals surface area contributed by atoms with Crippen LogP contribution in [0.1, 0.15) is 26.2 Å². The molecule has 1 aliphatic rings. The fourth-order valence-corrected chi connectivity index (χ4v) is 4.71. The van der Waals surface area contributed by atoms with Crippen LogP contribution in [-0.2, 0) is 10.0 Å². The topological polar surface area (TPSA) is 92.6 Å². The van der Waals surface area contributed by atoms with E-state index in [4.69, 9.17) is 0 Å². The van der Waals surface area contributed by atoms with Crippen molar-refractivity contribution in [2.24, 2.45) is 5.92 Å². The number of nitro groups is 1. The van der Waals surface area contributed by atoms with Crippen LogP contribution in [0.4, 0.5) is 10.7 Å². The van der Waals surface area contributed by atoms with Crippen molar-refractivity contribution in [2.45, 2.75) is 30.4 Å². The Hall–Kier alpha value is -1.19. The molecule has 0 unspecified atom stereocenters. The van der Waals surface area contributed by atoms with E-state index >= 15 is 0 Å². The lowest BCUT2D eigenvalue weighted by Gasteiger charge is -2.14. The molecule has 0 aromatic carbocycles. The molecule has 1 aromatic rings. The van der Waals surface area contributed by atoms with Crippen molar-refractivity contribution in [3.63, 3.8) is 0 Å². The van der Waals surface area contributed by atoms with Crippen LogP contribution in [0.15, 0.2) is 10.3 Å². The van der Waals surface area contributed by atoms with Gasteiger partial charge in [0.25, 0.3) is 10.0 Å². The molecule has 7 nitrogen and oxygen atoms in total. The van der Waals surface area contributed by atoms with E-state index < -0.39 is 14.9 Å². The molecule has 0 saturated heterocycles. The maximum atomic E-state index is 12.4. The molecule has 2 rings (SSSR count). The summed E-state index contributed by atoms with van der Waals surface area (Å²) < 4.78 is 26.2. The molecule has 1 heterocycles. The first kappa shape index (κ1) is 16.2. The van der Waals surface area contributed by atoms with Gasteiger partial charge in [0.05, 0.1) is 4.92 Å². The fourth-order valence-electron chi connectivity index (χ4n) is 1.90. The number of nitrogens with one attached hydrogen (secondary N) is 1. The van der Waals surface area contributed by atoms with Gasteiger partial charge in [0.15, 0.2) is 5.00 Å². The van der Waals surface area contributed by atoms with Gasteiger partial charge in [-0.05, 0) is 25.2 Å². The lowest BCUT2D eigenvalue weighted by atomic mass is 10.4. The van der Waals surface area contributed by atoms with E-state index in [2.05, 4.69) is 5.32 Å². The molecule has 0 radical (unpaired) electrons. The van der Waals surface area contributed by atoms with Crippen molar-refractivity contribution in [2.75, 3.05) is 25.5 Å². The molecule has 0 spiro atoms. The summed E-state index contributed by atoms with van der Waals surface area (Å²) in [6, 6.07) is 1.15. The second-order valence-electron chi connectivity index (χ2n) is 5.19. The minimum atomic E-state index is -3.65. The van der Waals surface area contributed by atoms with Crippen LogP contribution in [0.2, 0.25) is 0 Å². The number of sulfonamides is 1. The van der Waals surface area contributed by atoms with Crippen LogP contribution >= 0.6 is 11.3 Å². The SMILES string of the molecule is CCCNc1sc(S(=O)(=O)N(C)CC2CC2)cc1[N+](=O)[O-]. The van der Waals surface area contributed by atoms with Crippen molar-refractivity contribution in [3.05, 3.63) is 16.2 Å². The Bertz CT molecular complexity index is 622. The third-order valence-corrected chi connectivity index (χ3v) is 6.65. The summed E-state index contributed by atoms with van der Waals surface area (Å²) in [4.78, 5) is 10.5. The molecule has 9 heteroatoms. The summed E-state index contributed by atoms with van der Waals surface area (Å²) in [6.45, 7) is 2.98. The van der Waals surface area contributed by atoms with Gasteiger partial charge in [0.2, 0.25) is 0 Å². The number of anilines is 1. The number of thiophene rings is 1. The van der Waals surface area contributed by atoms with Crippen LogP contribution in [0.25, 0.3) is 0 Å². The van der Waals surface area contributed by atoms with Crippen LogP contribution < -0.4 is 5.32 Å². The highest BCUT2D eigenvalue weighted by molar-refractivity contribution is 7.91. The third kappa shape index (κ3) is 3.72. The standard InChI is InChI=1S/C12H19N3O4S2/c1-3-6-13-12-10(15(16)17)7-11(20-12)21(18,19)14(2)8-9-4-5-9/h7,9,13H,3-6,8H2,1-2H3. The van der Waals surface area contributed by atoms with Crippen molar-refractivity contribution >= 4 is 32.0 Å². The molecule has 118 valence electrons. The predicted octanol–water partition coefficient (Wildman–Crippen LogP) is 2.51. The van der Waals surface area contributed by atoms with Crippen LogP contribution in [0.3, 0.4) is 0 Å². The number of nitrogens with zero attached hydrogens (tertiary/aromatic N) is 2. The van der Waals surface area contributed by atoms with Crippen LogP contribution in [-0.4, -0.2) is 37.8 Å². The molecule has 1 fully saturated rings. The first-order valence-electron chi connectivity index (χ1n) is 6.84. The van der Waals surface area contributed by atoms with Crippen molar-refractivity contribution in [3.8, 4) is 0 Å². The summed E-state index contributed by atoms with van der Waals surface area (Å²) in [5, 5.41) is 14.3. The molecule has 1 saturated carbocycles. The van der Waals surface area contributed by atoms with Gasteiger partial charge in [0, 0.05) is 26.2 Å². The van der Waals surface area contributed by atoms with E-state index in [0.717, 1.165) is 36.7 Å². The summed E-state index contributed by atoms with van der Waals surface area (Å²) in [6.07, 6.45) is 2.90. The largest absolute Gasteiger partial charge is 0.371 e. The highest BCUT2D eigenvalue weighted by Crippen LogP contribution is 2.39. The van der Waals surface area contributed by atoms with E-state index in [0.29, 0.717) is 24.0 Å². The maximum absolute atomic E-state index is 12.4. The van der Waals surface area contributed by atoms with E-state index in [1.807, 2.05) is 6.92 Å². The molecule has 1 aliphatic carbocycles. The summed E-state index contributed by atoms with van der Waals surface area (Å²) in [7, 11) is -2.12. The molecule has 0 aliphatic heterocycles. The average Bonchev–Trinajstić information content (AvgIpc) is 3.11. The minimum Gasteiger partial charge on any atom is -0.371 e. The second kappa shape index (κ2) is 6.29. The third-order valence-electron chi connectivity index (χ3n) is 3.30. The van der Waals surface area contributed by atoms with Gasteiger partial charge in [-0.2, -0.15) is 4.31 Å². The Balaban J connectivity index is 2.27.